The number of benzene rings is 2. The van der Waals surface area contributed by atoms with Crippen molar-refractivity contribution in [2.45, 2.75) is 12.8 Å². The van der Waals surface area contributed by atoms with Crippen LogP contribution in [0.1, 0.15) is 24.0 Å². The molecule has 0 bridgehead atoms. The van der Waals surface area contributed by atoms with Gasteiger partial charge in [-0.2, -0.15) is 8.42 Å². The minimum Gasteiger partial charge on any atom is -0.457 e. The Balaban J connectivity index is 2.03. The molecule has 0 saturated carbocycles. The van der Waals surface area contributed by atoms with Gasteiger partial charge in [0.2, 0.25) is 0 Å². The SMILES string of the molecule is C=CC(=C(C)S(=O)(=O)O)C1c2ccc(NCCS(=O)(=O)CCCl)cc2Oc2cc(N(C)CCS(=O)(=O)CCO)ccc21. The predicted octanol–water partition coefficient (Wildman–Crippen LogP) is 3.18. The second-order valence-electron chi connectivity index (χ2n) is 9.77. The minimum absolute atomic E-state index is 0.00754. The number of anilines is 2. The number of aliphatic hydroxyl groups excluding tert-OH is 1. The smallest absolute Gasteiger partial charge is 0.290 e. The van der Waals surface area contributed by atoms with Crippen LogP contribution in [0.2, 0.25) is 0 Å². The number of sulfone groups is 2. The van der Waals surface area contributed by atoms with Crippen LogP contribution < -0.4 is 15.0 Å². The molecule has 15 heteroatoms. The highest BCUT2D eigenvalue weighted by Gasteiger charge is 2.32. The van der Waals surface area contributed by atoms with Crippen LogP contribution in [0.4, 0.5) is 11.4 Å². The van der Waals surface area contributed by atoms with Gasteiger partial charge in [0.1, 0.15) is 11.5 Å². The second-order valence-corrected chi connectivity index (χ2v) is 16.3. The Morgan fingerprint density at radius 3 is 2.21 bits per heavy atom. The maximum Gasteiger partial charge on any atom is 0.290 e. The Bertz CT molecular complexity index is 1670. The van der Waals surface area contributed by atoms with Gasteiger partial charge >= 0.3 is 0 Å². The average Bonchev–Trinajstić information content (AvgIpc) is 2.90. The van der Waals surface area contributed by atoms with Crippen molar-refractivity contribution in [1.82, 2.24) is 0 Å². The van der Waals surface area contributed by atoms with Crippen molar-refractivity contribution in [3.8, 4) is 11.5 Å². The summed E-state index contributed by atoms with van der Waals surface area (Å²) >= 11 is 5.57. The highest BCUT2D eigenvalue weighted by Crippen LogP contribution is 2.50. The Hall–Kier alpha value is -2.62. The van der Waals surface area contributed by atoms with E-state index in [2.05, 4.69) is 11.9 Å². The molecule has 0 aliphatic carbocycles. The molecule has 0 amide bonds. The summed E-state index contributed by atoms with van der Waals surface area (Å²) in [5.74, 6) is -0.683. The van der Waals surface area contributed by atoms with E-state index in [0.717, 1.165) is 0 Å². The summed E-state index contributed by atoms with van der Waals surface area (Å²) in [6, 6.07) is 10.3. The van der Waals surface area contributed by atoms with Crippen molar-refractivity contribution in [2.24, 2.45) is 0 Å². The third-order valence-electron chi connectivity index (χ3n) is 6.89. The zero-order chi connectivity index (χ0) is 31.3. The average molecular weight is 663 g/mol. The first-order valence-corrected chi connectivity index (χ1v) is 18.5. The molecule has 42 heavy (non-hydrogen) atoms. The molecule has 2 aromatic carbocycles. The number of ether oxygens (including phenoxy) is 1. The van der Waals surface area contributed by atoms with E-state index in [1.807, 2.05) is 0 Å². The number of fused-ring (bicyclic) bond motifs is 2. The van der Waals surface area contributed by atoms with Crippen LogP contribution in [0.3, 0.4) is 0 Å². The molecule has 1 heterocycles. The standard InChI is InChI=1S/C27H35ClN2O9S3/c1-4-22(19(2)42(36,37)38)27-23-7-5-20(29-10-14-40(32,33)13-9-28)17-25(23)39-26-18-21(6-8-24(26)27)30(3)11-15-41(34,35)16-12-31/h4-8,17-18,27,29,31H,1,9-16H2,2-3H3,(H,36,37,38). The molecule has 3 rings (SSSR count). The molecule has 11 nitrogen and oxygen atoms in total. The number of rotatable bonds is 15. The number of hydrogen-bond acceptors (Lipinski definition) is 10. The quantitative estimate of drug-likeness (QED) is 0.146. The van der Waals surface area contributed by atoms with Gasteiger partial charge in [0, 0.05) is 66.6 Å². The fourth-order valence-electron chi connectivity index (χ4n) is 4.51. The van der Waals surface area contributed by atoms with Gasteiger partial charge in [0.25, 0.3) is 10.1 Å². The van der Waals surface area contributed by atoms with E-state index in [0.29, 0.717) is 34.0 Å². The maximum absolute atomic E-state index is 12.1. The number of nitrogens with one attached hydrogen (secondary N) is 1. The summed E-state index contributed by atoms with van der Waals surface area (Å²) in [5, 5.41) is 12.0. The van der Waals surface area contributed by atoms with Gasteiger partial charge in [-0.25, -0.2) is 16.8 Å². The van der Waals surface area contributed by atoms with Gasteiger partial charge in [-0.3, -0.25) is 4.55 Å². The van der Waals surface area contributed by atoms with Gasteiger partial charge in [-0.1, -0.05) is 24.8 Å². The Labute approximate surface area is 252 Å². The van der Waals surface area contributed by atoms with Crippen LogP contribution in [0.15, 0.2) is 59.5 Å². The largest absolute Gasteiger partial charge is 0.457 e. The molecule has 232 valence electrons. The lowest BCUT2D eigenvalue weighted by Gasteiger charge is -2.31. The summed E-state index contributed by atoms with van der Waals surface area (Å²) in [5.41, 5.74) is 2.63. The molecule has 1 unspecified atom stereocenters. The topological polar surface area (TPSA) is 167 Å². The Morgan fingerprint density at radius 1 is 1.00 bits per heavy atom. The first-order valence-electron chi connectivity index (χ1n) is 12.9. The molecular weight excluding hydrogens is 628 g/mol. The molecule has 0 fully saturated rings. The molecule has 0 radical (unpaired) electrons. The van der Waals surface area contributed by atoms with Gasteiger partial charge in [-0.15, -0.1) is 11.6 Å². The van der Waals surface area contributed by atoms with Crippen LogP contribution in [0.25, 0.3) is 0 Å². The van der Waals surface area contributed by atoms with Crippen LogP contribution in [-0.2, 0) is 29.8 Å². The van der Waals surface area contributed by atoms with E-state index in [1.165, 1.54) is 13.0 Å². The Kier molecular flexibility index (Phi) is 11.1. The molecule has 0 aromatic heterocycles. The first kappa shape index (κ1) is 33.9. The van der Waals surface area contributed by atoms with Gasteiger partial charge in [0.15, 0.2) is 19.7 Å². The number of nitrogens with zero attached hydrogens (tertiary/aromatic N) is 1. The summed E-state index contributed by atoms with van der Waals surface area (Å²) in [6.07, 6.45) is 1.37. The number of hydrogen-bond donors (Lipinski definition) is 3. The van der Waals surface area contributed by atoms with E-state index in [1.54, 1.807) is 48.3 Å². The molecule has 1 atom stereocenters. The van der Waals surface area contributed by atoms with E-state index in [4.69, 9.17) is 21.4 Å². The minimum atomic E-state index is -4.55. The highest BCUT2D eigenvalue weighted by atomic mass is 35.5. The number of alkyl halides is 1. The van der Waals surface area contributed by atoms with E-state index < -0.39 is 42.3 Å². The van der Waals surface area contributed by atoms with E-state index in [-0.39, 0.29) is 52.5 Å². The normalized spacial score (nSPS) is 15.6. The molecule has 2 aromatic rings. The molecule has 1 aliphatic heterocycles. The van der Waals surface area contributed by atoms with Crippen LogP contribution in [0, 0.1) is 0 Å². The molecule has 0 saturated heterocycles. The Morgan fingerprint density at radius 2 is 1.62 bits per heavy atom. The summed E-state index contributed by atoms with van der Waals surface area (Å²) < 4.78 is 88.5. The third-order valence-corrected chi connectivity index (χ3v) is 11.6. The van der Waals surface area contributed by atoms with Crippen LogP contribution in [-0.4, -0.2) is 90.5 Å². The summed E-state index contributed by atoms with van der Waals surface area (Å²) in [7, 11) is -9.59. The third kappa shape index (κ3) is 8.48. The number of allylic oxidation sites excluding steroid dienone is 3. The fraction of sp³-hybridized carbons (Fsp3) is 0.407. The van der Waals surface area contributed by atoms with Gasteiger partial charge < -0.3 is 20.1 Å². The zero-order valence-electron chi connectivity index (χ0n) is 23.3. The summed E-state index contributed by atoms with van der Waals surface area (Å²) in [6.45, 7) is 4.90. The maximum atomic E-state index is 12.1. The first-order chi connectivity index (χ1) is 19.6. The van der Waals surface area contributed by atoms with Gasteiger partial charge in [-0.05, 0) is 24.6 Å². The monoisotopic (exact) mass is 662 g/mol. The lowest BCUT2D eigenvalue weighted by atomic mass is 9.82. The summed E-state index contributed by atoms with van der Waals surface area (Å²) in [4.78, 5) is 1.44. The lowest BCUT2D eigenvalue weighted by Crippen LogP contribution is -2.27. The van der Waals surface area contributed by atoms with Crippen molar-refractivity contribution in [3.05, 3.63) is 70.7 Å². The lowest BCUT2D eigenvalue weighted by molar-refractivity contribution is 0.319. The van der Waals surface area contributed by atoms with Crippen molar-refractivity contribution in [2.75, 3.05) is 65.9 Å². The zero-order valence-corrected chi connectivity index (χ0v) is 26.5. The van der Waals surface area contributed by atoms with E-state index in [9.17, 15) is 29.8 Å². The number of halogens is 1. The van der Waals surface area contributed by atoms with Gasteiger partial charge in [0.05, 0.1) is 34.5 Å². The number of aliphatic hydroxyl groups is 1. The highest BCUT2D eigenvalue weighted by molar-refractivity contribution is 7.91. The fourth-order valence-corrected chi connectivity index (χ4v) is 7.60. The van der Waals surface area contributed by atoms with Crippen molar-refractivity contribution in [1.29, 1.82) is 0 Å². The predicted molar refractivity (Wildman–Crippen MR) is 166 cm³/mol. The van der Waals surface area contributed by atoms with E-state index >= 15 is 0 Å². The van der Waals surface area contributed by atoms with Crippen LogP contribution >= 0.6 is 11.6 Å². The van der Waals surface area contributed by atoms with Crippen LogP contribution in [0.5, 0.6) is 11.5 Å². The molecule has 1 aliphatic rings. The second kappa shape index (κ2) is 13.8. The van der Waals surface area contributed by atoms with Crippen molar-refractivity contribution in [3.63, 3.8) is 0 Å². The molecule has 3 N–H and O–H groups in total. The van der Waals surface area contributed by atoms with Crippen molar-refractivity contribution < 1.29 is 39.6 Å². The molecule has 0 spiro atoms. The molecular formula is C27H35ClN2O9S3. The van der Waals surface area contributed by atoms with Crippen molar-refractivity contribution >= 4 is 52.8 Å².